The van der Waals surface area contributed by atoms with Crippen LogP contribution in [-0.2, 0) is 9.47 Å². The number of fused-ring (bicyclic) bond motifs is 5. The molecule has 1 aliphatic heterocycles. The van der Waals surface area contributed by atoms with E-state index in [0.717, 1.165) is 11.8 Å². The van der Waals surface area contributed by atoms with Gasteiger partial charge in [-0.25, -0.2) is 0 Å². The zero-order valence-corrected chi connectivity index (χ0v) is 11.9. The smallest absolute Gasteiger partial charge is 0.159 e. The molecule has 3 aliphatic rings. The van der Waals surface area contributed by atoms with Crippen LogP contribution >= 0.6 is 15.9 Å². The molecule has 0 N–H and O–H groups in total. The third-order valence-electron chi connectivity index (χ3n) is 5.65. The van der Waals surface area contributed by atoms with Crippen LogP contribution in [0, 0.1) is 16.7 Å². The molecule has 1 heterocycles. The third kappa shape index (κ3) is 1.20. The summed E-state index contributed by atoms with van der Waals surface area (Å²) in [5.74, 6) is 0.697. The van der Waals surface area contributed by atoms with E-state index in [2.05, 4.69) is 36.7 Å². The molecular weight excluding hydrogens is 268 g/mol. The first kappa shape index (κ1) is 11.5. The van der Waals surface area contributed by atoms with Crippen molar-refractivity contribution in [1.82, 2.24) is 0 Å². The number of alkyl halides is 1. The van der Waals surface area contributed by atoms with Crippen LogP contribution in [0.15, 0.2) is 0 Å². The highest BCUT2D eigenvalue weighted by molar-refractivity contribution is 9.09. The fourth-order valence-corrected chi connectivity index (χ4v) is 4.58. The van der Waals surface area contributed by atoms with Crippen LogP contribution in [0.2, 0.25) is 0 Å². The van der Waals surface area contributed by atoms with Gasteiger partial charge in [0.15, 0.2) is 6.29 Å². The van der Waals surface area contributed by atoms with Crippen LogP contribution in [-0.4, -0.2) is 23.8 Å². The minimum atomic E-state index is 0.0328. The molecule has 2 bridgehead atoms. The van der Waals surface area contributed by atoms with Gasteiger partial charge in [0.1, 0.15) is 0 Å². The van der Waals surface area contributed by atoms with Crippen LogP contribution in [0.1, 0.15) is 40.0 Å². The number of hydrogen-bond acceptors (Lipinski definition) is 2. The van der Waals surface area contributed by atoms with Crippen LogP contribution in [0.3, 0.4) is 0 Å². The van der Waals surface area contributed by atoms with E-state index < -0.39 is 0 Å². The van der Waals surface area contributed by atoms with Gasteiger partial charge in [0.2, 0.25) is 0 Å². The number of halogens is 1. The Morgan fingerprint density at radius 1 is 1.25 bits per heavy atom. The highest BCUT2D eigenvalue weighted by atomic mass is 79.9. The summed E-state index contributed by atoms with van der Waals surface area (Å²) in [5.41, 5.74) is 0.700. The summed E-state index contributed by atoms with van der Waals surface area (Å²) in [4.78, 5) is 0. The molecule has 0 aromatic carbocycles. The summed E-state index contributed by atoms with van der Waals surface area (Å²) >= 11 is 3.46. The van der Waals surface area contributed by atoms with Gasteiger partial charge in [0, 0.05) is 17.2 Å². The zero-order valence-electron chi connectivity index (χ0n) is 10.3. The molecule has 2 aliphatic carbocycles. The summed E-state index contributed by atoms with van der Waals surface area (Å²) in [6.45, 7) is 7.20. The first-order valence-electron chi connectivity index (χ1n) is 6.37. The second kappa shape index (κ2) is 3.46. The van der Waals surface area contributed by atoms with E-state index in [-0.39, 0.29) is 6.29 Å². The molecule has 0 radical (unpaired) electrons. The predicted molar refractivity (Wildman–Crippen MR) is 66.6 cm³/mol. The Kier molecular flexibility index (Phi) is 2.48. The topological polar surface area (TPSA) is 18.5 Å². The first-order valence-corrected chi connectivity index (χ1v) is 7.50. The predicted octanol–water partition coefficient (Wildman–Crippen LogP) is 3.34. The van der Waals surface area contributed by atoms with Gasteiger partial charge in [-0.1, -0.05) is 36.7 Å². The zero-order chi connectivity index (χ0) is 11.6. The molecule has 0 aromatic rings. The lowest BCUT2D eigenvalue weighted by Crippen LogP contribution is -2.38. The van der Waals surface area contributed by atoms with Gasteiger partial charge in [0.25, 0.3) is 0 Å². The van der Waals surface area contributed by atoms with Crippen molar-refractivity contribution >= 4 is 15.9 Å². The lowest BCUT2D eigenvalue weighted by Gasteiger charge is -2.37. The van der Waals surface area contributed by atoms with E-state index in [0.29, 0.717) is 29.0 Å². The van der Waals surface area contributed by atoms with Gasteiger partial charge in [-0.15, -0.1) is 0 Å². The second-order valence-electron chi connectivity index (χ2n) is 6.35. The number of rotatable bonds is 2. The minimum Gasteiger partial charge on any atom is -0.346 e. The molecule has 2 nitrogen and oxygen atoms in total. The molecule has 92 valence electrons. The van der Waals surface area contributed by atoms with Gasteiger partial charge in [-0.3, -0.25) is 0 Å². The Morgan fingerprint density at radius 3 is 2.62 bits per heavy atom. The highest BCUT2D eigenvalue weighted by Gasteiger charge is 2.69. The molecule has 1 saturated heterocycles. The van der Waals surface area contributed by atoms with Crippen molar-refractivity contribution in [3.8, 4) is 0 Å². The van der Waals surface area contributed by atoms with E-state index in [4.69, 9.17) is 9.47 Å². The van der Waals surface area contributed by atoms with Gasteiger partial charge in [0.05, 0.1) is 12.2 Å². The van der Waals surface area contributed by atoms with Crippen molar-refractivity contribution in [2.45, 2.75) is 58.5 Å². The largest absolute Gasteiger partial charge is 0.346 e. The molecule has 3 fully saturated rings. The fourth-order valence-electron chi connectivity index (χ4n) is 4.21. The fraction of sp³-hybridized carbons (Fsp3) is 1.00. The average Bonchev–Trinajstić information content (AvgIpc) is 2.75. The SMILES string of the molecule is CC1(C)[C@@H]2CC[C@@]1(C)[C@@H]1O[C@H](CCBr)O[C@H]21. The van der Waals surface area contributed by atoms with Gasteiger partial charge >= 0.3 is 0 Å². The number of hydrogen-bond donors (Lipinski definition) is 0. The van der Waals surface area contributed by atoms with Crippen molar-refractivity contribution in [1.29, 1.82) is 0 Å². The molecule has 2 saturated carbocycles. The summed E-state index contributed by atoms with van der Waals surface area (Å²) in [7, 11) is 0. The Hall–Kier alpha value is 0.400. The lowest BCUT2D eigenvalue weighted by atomic mass is 9.70. The van der Waals surface area contributed by atoms with E-state index in [9.17, 15) is 0 Å². The Morgan fingerprint density at radius 2 is 2.00 bits per heavy atom. The van der Waals surface area contributed by atoms with E-state index in [1.54, 1.807) is 0 Å². The molecule has 5 atom stereocenters. The molecule has 0 unspecified atom stereocenters. The van der Waals surface area contributed by atoms with Crippen molar-refractivity contribution in [3.63, 3.8) is 0 Å². The quantitative estimate of drug-likeness (QED) is 0.726. The third-order valence-corrected chi connectivity index (χ3v) is 6.11. The monoisotopic (exact) mass is 288 g/mol. The van der Waals surface area contributed by atoms with Gasteiger partial charge in [-0.05, 0) is 24.2 Å². The second-order valence-corrected chi connectivity index (χ2v) is 7.14. The summed E-state index contributed by atoms with van der Waals surface area (Å²) < 4.78 is 12.3. The molecule has 3 heteroatoms. The molecular formula is C13H21BrO2. The molecule has 0 spiro atoms. The standard InChI is InChI=1S/C13H21BrO2/c1-12(2)8-4-6-13(12,3)11-10(8)15-9(16-11)5-7-14/h8-11H,4-7H2,1-3H3/t8-,9-,10-,11-,13+/m1/s1. The first-order chi connectivity index (χ1) is 7.50. The molecule has 0 amide bonds. The van der Waals surface area contributed by atoms with E-state index in [1.165, 1.54) is 12.8 Å². The summed E-state index contributed by atoms with van der Waals surface area (Å²) in [5, 5.41) is 0.960. The summed E-state index contributed by atoms with van der Waals surface area (Å²) in [6, 6.07) is 0. The normalized spacial score (nSPS) is 53.2. The van der Waals surface area contributed by atoms with Crippen molar-refractivity contribution in [3.05, 3.63) is 0 Å². The van der Waals surface area contributed by atoms with E-state index >= 15 is 0 Å². The molecule has 0 aromatic heterocycles. The van der Waals surface area contributed by atoms with Crippen molar-refractivity contribution < 1.29 is 9.47 Å². The van der Waals surface area contributed by atoms with Crippen LogP contribution < -0.4 is 0 Å². The Balaban J connectivity index is 1.85. The minimum absolute atomic E-state index is 0.0328. The molecule has 16 heavy (non-hydrogen) atoms. The van der Waals surface area contributed by atoms with Crippen molar-refractivity contribution in [2.75, 3.05) is 5.33 Å². The van der Waals surface area contributed by atoms with Crippen LogP contribution in [0.25, 0.3) is 0 Å². The highest BCUT2D eigenvalue weighted by Crippen LogP contribution is 2.68. The Bertz CT molecular complexity index is 304. The maximum absolute atomic E-state index is 6.15. The maximum Gasteiger partial charge on any atom is 0.159 e. The van der Waals surface area contributed by atoms with Crippen LogP contribution in [0.5, 0.6) is 0 Å². The maximum atomic E-state index is 6.15. The lowest BCUT2D eigenvalue weighted by molar-refractivity contribution is -0.112. The Labute approximate surface area is 106 Å². The van der Waals surface area contributed by atoms with Crippen LogP contribution in [0.4, 0.5) is 0 Å². The summed E-state index contributed by atoms with van der Waals surface area (Å²) in [6.07, 6.45) is 4.31. The van der Waals surface area contributed by atoms with Gasteiger partial charge < -0.3 is 9.47 Å². The number of ether oxygens (including phenoxy) is 2. The average molecular weight is 289 g/mol. The van der Waals surface area contributed by atoms with Crippen molar-refractivity contribution in [2.24, 2.45) is 16.7 Å². The van der Waals surface area contributed by atoms with E-state index in [1.807, 2.05) is 0 Å². The van der Waals surface area contributed by atoms with Gasteiger partial charge in [-0.2, -0.15) is 0 Å². The molecule has 3 rings (SSSR count).